The third kappa shape index (κ3) is 4.87. The highest BCUT2D eigenvalue weighted by Gasteiger charge is 2.30. The molecular formula is C19H13F3N4O4. The molecule has 1 heterocycles. The van der Waals surface area contributed by atoms with E-state index in [9.17, 15) is 32.9 Å². The summed E-state index contributed by atoms with van der Waals surface area (Å²) in [5, 5.41) is 13.1. The molecule has 11 heteroatoms. The molecule has 1 N–H and O–H groups in total. The summed E-state index contributed by atoms with van der Waals surface area (Å²) in [6.45, 7) is -0.365. The summed E-state index contributed by atoms with van der Waals surface area (Å²) in [4.78, 5) is 38.4. The molecule has 0 aliphatic rings. The lowest BCUT2D eigenvalue weighted by Crippen LogP contribution is -2.27. The average Bonchev–Trinajstić information content (AvgIpc) is 2.69. The number of amides is 1. The molecule has 0 atom stereocenters. The van der Waals surface area contributed by atoms with E-state index in [2.05, 4.69) is 10.3 Å². The Hall–Kier alpha value is -4.02. The molecule has 0 fully saturated rings. The first-order valence-corrected chi connectivity index (χ1v) is 8.42. The second-order valence-corrected chi connectivity index (χ2v) is 6.17. The summed E-state index contributed by atoms with van der Waals surface area (Å²) < 4.78 is 38.9. The first kappa shape index (κ1) is 20.7. The van der Waals surface area contributed by atoms with Crippen LogP contribution in [0.1, 0.15) is 5.56 Å². The van der Waals surface area contributed by atoms with Crippen LogP contribution in [0.2, 0.25) is 0 Å². The van der Waals surface area contributed by atoms with Gasteiger partial charge in [-0.1, -0.05) is 12.1 Å². The van der Waals surface area contributed by atoms with Gasteiger partial charge in [-0.25, -0.2) is 4.98 Å². The van der Waals surface area contributed by atoms with Gasteiger partial charge in [-0.3, -0.25) is 24.3 Å². The van der Waals surface area contributed by atoms with Gasteiger partial charge < -0.3 is 5.32 Å². The van der Waals surface area contributed by atoms with E-state index in [0.717, 1.165) is 29.1 Å². The predicted octanol–water partition coefficient (Wildman–Crippen LogP) is 3.48. The SMILES string of the molecule is O=C(Cn1cnc(-c2ccc(C(F)(F)F)cc2)cc1=O)Nc1ccc([N+](=O)[O-])cc1. The fourth-order valence-electron chi connectivity index (χ4n) is 2.55. The lowest BCUT2D eigenvalue weighted by atomic mass is 10.1. The number of anilines is 1. The Morgan fingerprint density at radius 1 is 1.10 bits per heavy atom. The molecule has 154 valence electrons. The Labute approximate surface area is 166 Å². The number of nitrogens with one attached hydrogen (secondary N) is 1. The summed E-state index contributed by atoms with van der Waals surface area (Å²) in [6.07, 6.45) is -3.35. The van der Waals surface area contributed by atoms with E-state index >= 15 is 0 Å². The third-order valence-corrected chi connectivity index (χ3v) is 4.06. The quantitative estimate of drug-likeness (QED) is 0.504. The smallest absolute Gasteiger partial charge is 0.325 e. The summed E-state index contributed by atoms with van der Waals surface area (Å²) >= 11 is 0. The topological polar surface area (TPSA) is 107 Å². The van der Waals surface area contributed by atoms with E-state index in [-0.39, 0.29) is 17.9 Å². The van der Waals surface area contributed by atoms with Gasteiger partial charge in [-0.2, -0.15) is 13.2 Å². The number of benzene rings is 2. The van der Waals surface area contributed by atoms with Crippen molar-refractivity contribution in [1.82, 2.24) is 9.55 Å². The largest absolute Gasteiger partial charge is 0.416 e. The minimum atomic E-state index is -4.47. The Morgan fingerprint density at radius 3 is 2.27 bits per heavy atom. The Kier molecular flexibility index (Phi) is 5.63. The van der Waals surface area contributed by atoms with Gasteiger partial charge in [0, 0.05) is 29.4 Å². The summed E-state index contributed by atoms with van der Waals surface area (Å²) in [5.74, 6) is -0.560. The molecule has 0 unspecified atom stereocenters. The van der Waals surface area contributed by atoms with Crippen molar-refractivity contribution in [2.45, 2.75) is 12.7 Å². The van der Waals surface area contributed by atoms with Crippen molar-refractivity contribution in [3.8, 4) is 11.3 Å². The van der Waals surface area contributed by atoms with Crippen molar-refractivity contribution in [2.24, 2.45) is 0 Å². The van der Waals surface area contributed by atoms with Crippen LogP contribution in [0.4, 0.5) is 24.5 Å². The lowest BCUT2D eigenvalue weighted by molar-refractivity contribution is -0.384. The van der Waals surface area contributed by atoms with Crippen LogP contribution < -0.4 is 10.9 Å². The standard InChI is InChI=1S/C19H13F3N4O4/c20-19(21,22)13-3-1-12(2-4-13)16-9-18(28)25(11-23-16)10-17(27)24-14-5-7-15(8-6-14)26(29)30/h1-9,11H,10H2,(H,24,27). The molecule has 3 aromatic rings. The van der Waals surface area contributed by atoms with E-state index in [0.29, 0.717) is 11.3 Å². The molecule has 8 nitrogen and oxygen atoms in total. The number of aromatic nitrogens is 2. The van der Waals surface area contributed by atoms with E-state index in [1.54, 1.807) is 0 Å². The van der Waals surface area contributed by atoms with E-state index in [1.807, 2.05) is 0 Å². The number of alkyl halides is 3. The van der Waals surface area contributed by atoms with Gasteiger partial charge in [-0.15, -0.1) is 0 Å². The number of hydrogen-bond acceptors (Lipinski definition) is 5. The molecule has 1 amide bonds. The minimum absolute atomic E-state index is 0.132. The van der Waals surface area contributed by atoms with Gasteiger partial charge in [0.2, 0.25) is 5.91 Å². The maximum atomic E-state index is 12.6. The molecule has 0 saturated heterocycles. The fraction of sp³-hybridized carbons (Fsp3) is 0.105. The van der Waals surface area contributed by atoms with Crippen molar-refractivity contribution < 1.29 is 22.9 Å². The minimum Gasteiger partial charge on any atom is -0.325 e. The fourth-order valence-corrected chi connectivity index (χ4v) is 2.55. The van der Waals surface area contributed by atoms with Crippen molar-refractivity contribution in [3.63, 3.8) is 0 Å². The van der Waals surface area contributed by atoms with Crippen molar-refractivity contribution >= 4 is 17.3 Å². The predicted molar refractivity (Wildman–Crippen MR) is 101 cm³/mol. The van der Waals surface area contributed by atoms with Crippen molar-refractivity contribution in [2.75, 3.05) is 5.32 Å². The van der Waals surface area contributed by atoms with Crippen LogP contribution >= 0.6 is 0 Å². The number of carbonyl (C=O) groups is 1. The molecule has 0 aliphatic carbocycles. The van der Waals surface area contributed by atoms with Crippen LogP contribution in [0.25, 0.3) is 11.3 Å². The van der Waals surface area contributed by atoms with Crippen LogP contribution in [0.3, 0.4) is 0 Å². The Bertz CT molecular complexity index is 1140. The van der Waals surface area contributed by atoms with Gasteiger partial charge in [0.05, 0.1) is 22.5 Å². The summed E-state index contributed by atoms with van der Waals surface area (Å²) in [6, 6.07) is 10.5. The van der Waals surface area contributed by atoms with Crippen molar-refractivity contribution in [1.29, 1.82) is 0 Å². The Morgan fingerprint density at radius 2 is 1.73 bits per heavy atom. The maximum Gasteiger partial charge on any atom is 0.416 e. The number of hydrogen-bond donors (Lipinski definition) is 1. The molecule has 0 spiro atoms. The molecule has 2 aromatic carbocycles. The first-order chi connectivity index (χ1) is 14.1. The first-order valence-electron chi connectivity index (χ1n) is 8.42. The summed E-state index contributed by atoms with van der Waals surface area (Å²) in [7, 11) is 0. The molecule has 0 bridgehead atoms. The molecular weight excluding hydrogens is 405 g/mol. The molecule has 1 aromatic heterocycles. The highest BCUT2D eigenvalue weighted by Crippen LogP contribution is 2.30. The van der Waals surface area contributed by atoms with Gasteiger partial charge in [-0.05, 0) is 24.3 Å². The number of nitrogens with zero attached hydrogens (tertiary/aromatic N) is 3. The number of nitro groups is 1. The average molecular weight is 418 g/mol. The monoisotopic (exact) mass is 418 g/mol. The number of non-ortho nitro benzene ring substituents is 1. The van der Waals surface area contributed by atoms with E-state index in [4.69, 9.17) is 0 Å². The zero-order chi connectivity index (χ0) is 21.9. The van der Waals surface area contributed by atoms with Crippen LogP contribution in [0.15, 0.2) is 65.7 Å². The van der Waals surface area contributed by atoms with Crippen LogP contribution in [-0.2, 0) is 17.5 Å². The second kappa shape index (κ2) is 8.15. The van der Waals surface area contributed by atoms with Gasteiger partial charge >= 0.3 is 6.18 Å². The molecule has 0 aliphatic heterocycles. The van der Waals surface area contributed by atoms with Crippen LogP contribution in [-0.4, -0.2) is 20.4 Å². The van der Waals surface area contributed by atoms with Crippen molar-refractivity contribution in [3.05, 3.63) is 87.0 Å². The molecule has 0 radical (unpaired) electrons. The van der Waals surface area contributed by atoms with Gasteiger partial charge in [0.15, 0.2) is 0 Å². The van der Waals surface area contributed by atoms with E-state index in [1.165, 1.54) is 36.4 Å². The number of halogens is 3. The molecule has 30 heavy (non-hydrogen) atoms. The lowest BCUT2D eigenvalue weighted by Gasteiger charge is -2.09. The van der Waals surface area contributed by atoms with Gasteiger partial charge in [0.25, 0.3) is 11.2 Å². The number of carbonyl (C=O) groups excluding carboxylic acids is 1. The highest BCUT2D eigenvalue weighted by molar-refractivity contribution is 5.90. The summed E-state index contributed by atoms with van der Waals surface area (Å²) in [5.41, 5.74) is -0.718. The maximum absolute atomic E-state index is 12.6. The number of nitro benzene ring substituents is 1. The highest BCUT2D eigenvalue weighted by atomic mass is 19.4. The van der Waals surface area contributed by atoms with Crippen LogP contribution in [0, 0.1) is 10.1 Å². The molecule has 0 saturated carbocycles. The Balaban J connectivity index is 1.70. The van der Waals surface area contributed by atoms with Crippen LogP contribution in [0.5, 0.6) is 0 Å². The third-order valence-electron chi connectivity index (χ3n) is 4.06. The van der Waals surface area contributed by atoms with E-state index < -0.39 is 28.1 Å². The second-order valence-electron chi connectivity index (χ2n) is 6.17. The molecule has 3 rings (SSSR count). The normalized spacial score (nSPS) is 11.2. The zero-order valence-corrected chi connectivity index (χ0v) is 15.1. The zero-order valence-electron chi connectivity index (χ0n) is 15.1. The number of rotatable bonds is 5. The van der Waals surface area contributed by atoms with Gasteiger partial charge in [0.1, 0.15) is 6.54 Å².